The van der Waals surface area contributed by atoms with Crippen molar-refractivity contribution in [2.24, 2.45) is 5.92 Å². The summed E-state index contributed by atoms with van der Waals surface area (Å²) in [6.07, 6.45) is 0. The molecule has 2 heterocycles. The Kier molecular flexibility index (Phi) is 3.39. The molecule has 5 heteroatoms. The summed E-state index contributed by atoms with van der Waals surface area (Å²) < 4.78 is 3.19. The van der Waals surface area contributed by atoms with E-state index in [1.54, 1.807) is 0 Å². The van der Waals surface area contributed by atoms with Gasteiger partial charge >= 0.3 is 0 Å². The summed E-state index contributed by atoms with van der Waals surface area (Å²) >= 11 is 8.53. The standard InChI is InChI=1S/C14H13ClIN3/c1-8(2)7-19-12-9-5-3-4-6-10(9)17-13(15)11(12)18-14(19)16/h3-6,8H,7H2,1-2H3. The highest BCUT2D eigenvalue weighted by molar-refractivity contribution is 14.1. The normalized spacial score (nSPS) is 11.8. The Labute approximate surface area is 130 Å². The van der Waals surface area contributed by atoms with Crippen molar-refractivity contribution in [3.05, 3.63) is 33.2 Å². The molecule has 0 fully saturated rings. The summed E-state index contributed by atoms with van der Waals surface area (Å²) in [6.45, 7) is 5.33. The molecule has 0 spiro atoms. The van der Waals surface area contributed by atoms with Crippen molar-refractivity contribution in [2.75, 3.05) is 0 Å². The molecule has 3 nitrogen and oxygen atoms in total. The maximum absolute atomic E-state index is 6.27. The van der Waals surface area contributed by atoms with E-state index in [9.17, 15) is 0 Å². The van der Waals surface area contributed by atoms with E-state index in [4.69, 9.17) is 11.6 Å². The number of imidazole rings is 1. The van der Waals surface area contributed by atoms with Crippen LogP contribution in [0.25, 0.3) is 21.9 Å². The Morgan fingerprint density at radius 3 is 2.74 bits per heavy atom. The van der Waals surface area contributed by atoms with Gasteiger partial charge in [0.25, 0.3) is 0 Å². The van der Waals surface area contributed by atoms with Crippen molar-refractivity contribution in [2.45, 2.75) is 20.4 Å². The first kappa shape index (κ1) is 13.1. The third-order valence-corrected chi connectivity index (χ3v) is 4.13. The average Bonchev–Trinajstić information content (AvgIpc) is 2.68. The van der Waals surface area contributed by atoms with Crippen molar-refractivity contribution < 1.29 is 0 Å². The Bertz CT molecular complexity index is 764. The third kappa shape index (κ3) is 2.21. The Morgan fingerprint density at radius 1 is 1.26 bits per heavy atom. The molecule has 0 saturated heterocycles. The first-order valence-electron chi connectivity index (χ1n) is 6.18. The SMILES string of the molecule is CC(C)Cn1c(I)nc2c(Cl)nc3ccccc3c21. The predicted molar refractivity (Wildman–Crippen MR) is 87.6 cm³/mol. The number of pyridine rings is 1. The molecule has 0 unspecified atom stereocenters. The molecule has 0 bridgehead atoms. The molecule has 0 radical (unpaired) electrons. The Hall–Kier alpha value is -0.880. The lowest BCUT2D eigenvalue weighted by Crippen LogP contribution is -2.06. The van der Waals surface area contributed by atoms with Crippen LogP contribution in [0.3, 0.4) is 0 Å². The molecule has 0 amide bonds. The number of para-hydroxylation sites is 1. The zero-order valence-corrected chi connectivity index (χ0v) is 13.6. The highest BCUT2D eigenvalue weighted by Crippen LogP contribution is 2.30. The fraction of sp³-hybridized carbons (Fsp3) is 0.286. The van der Waals surface area contributed by atoms with Crippen LogP contribution in [0.2, 0.25) is 5.15 Å². The molecule has 0 aliphatic carbocycles. The quantitative estimate of drug-likeness (QED) is 0.480. The molecule has 0 N–H and O–H groups in total. The smallest absolute Gasteiger partial charge is 0.172 e. The summed E-state index contributed by atoms with van der Waals surface area (Å²) in [5, 5.41) is 1.59. The lowest BCUT2D eigenvalue weighted by Gasteiger charge is -2.10. The van der Waals surface area contributed by atoms with Crippen molar-refractivity contribution in [3.63, 3.8) is 0 Å². The topological polar surface area (TPSA) is 30.7 Å². The summed E-state index contributed by atoms with van der Waals surface area (Å²) in [4.78, 5) is 8.99. The Morgan fingerprint density at radius 2 is 2.00 bits per heavy atom. The second-order valence-electron chi connectivity index (χ2n) is 5.00. The van der Waals surface area contributed by atoms with Gasteiger partial charge in [-0.2, -0.15) is 0 Å². The van der Waals surface area contributed by atoms with Gasteiger partial charge in [0.05, 0.1) is 11.0 Å². The van der Waals surface area contributed by atoms with Gasteiger partial charge in [0.15, 0.2) is 8.98 Å². The first-order valence-corrected chi connectivity index (χ1v) is 7.63. The van der Waals surface area contributed by atoms with Gasteiger partial charge in [-0.1, -0.05) is 43.6 Å². The largest absolute Gasteiger partial charge is 0.318 e. The zero-order chi connectivity index (χ0) is 13.6. The van der Waals surface area contributed by atoms with Crippen molar-refractivity contribution in [3.8, 4) is 0 Å². The van der Waals surface area contributed by atoms with Crippen LogP contribution in [0, 0.1) is 9.75 Å². The minimum atomic E-state index is 0.481. The molecule has 3 rings (SSSR count). The number of fused-ring (bicyclic) bond motifs is 3. The average molecular weight is 386 g/mol. The maximum Gasteiger partial charge on any atom is 0.172 e. The predicted octanol–water partition coefficient (Wildman–Crippen LogP) is 4.50. The fourth-order valence-electron chi connectivity index (χ4n) is 2.30. The van der Waals surface area contributed by atoms with E-state index in [0.29, 0.717) is 11.1 Å². The summed E-state index contributed by atoms with van der Waals surface area (Å²) in [5.41, 5.74) is 2.81. The van der Waals surface area contributed by atoms with E-state index in [-0.39, 0.29) is 0 Å². The molecular weight excluding hydrogens is 373 g/mol. The van der Waals surface area contributed by atoms with Crippen LogP contribution in [0.5, 0.6) is 0 Å². The number of benzene rings is 1. The molecule has 0 atom stereocenters. The van der Waals surface area contributed by atoms with Gasteiger partial charge in [0, 0.05) is 11.9 Å². The van der Waals surface area contributed by atoms with Crippen LogP contribution < -0.4 is 0 Å². The molecular formula is C14H13ClIN3. The molecule has 3 aromatic rings. The fourth-order valence-corrected chi connectivity index (χ4v) is 3.21. The highest BCUT2D eigenvalue weighted by Gasteiger charge is 2.16. The lowest BCUT2D eigenvalue weighted by atomic mass is 10.2. The molecule has 0 aliphatic heterocycles. The molecule has 98 valence electrons. The number of rotatable bonds is 2. The van der Waals surface area contributed by atoms with E-state index in [0.717, 1.165) is 32.3 Å². The van der Waals surface area contributed by atoms with Crippen LogP contribution in [0.4, 0.5) is 0 Å². The summed E-state index contributed by atoms with van der Waals surface area (Å²) in [7, 11) is 0. The molecule has 2 aromatic heterocycles. The number of hydrogen-bond donors (Lipinski definition) is 0. The van der Waals surface area contributed by atoms with E-state index in [1.807, 2.05) is 18.2 Å². The first-order chi connectivity index (χ1) is 9.08. The highest BCUT2D eigenvalue weighted by atomic mass is 127. The van der Waals surface area contributed by atoms with Gasteiger partial charge < -0.3 is 4.57 Å². The number of aromatic nitrogens is 3. The zero-order valence-electron chi connectivity index (χ0n) is 10.7. The van der Waals surface area contributed by atoms with Crippen LogP contribution in [-0.4, -0.2) is 14.5 Å². The number of nitrogens with zero attached hydrogens (tertiary/aromatic N) is 3. The van der Waals surface area contributed by atoms with E-state index < -0.39 is 0 Å². The molecule has 19 heavy (non-hydrogen) atoms. The van der Waals surface area contributed by atoms with E-state index >= 15 is 0 Å². The van der Waals surface area contributed by atoms with Gasteiger partial charge in [-0.3, -0.25) is 0 Å². The second-order valence-corrected chi connectivity index (χ2v) is 6.33. The Balaban J connectivity index is 2.45. The van der Waals surface area contributed by atoms with Crippen molar-refractivity contribution in [1.29, 1.82) is 0 Å². The third-order valence-electron chi connectivity index (χ3n) is 3.04. The van der Waals surface area contributed by atoms with Crippen molar-refractivity contribution in [1.82, 2.24) is 14.5 Å². The van der Waals surface area contributed by atoms with Crippen molar-refractivity contribution >= 4 is 56.1 Å². The minimum Gasteiger partial charge on any atom is -0.318 e. The molecule has 0 saturated carbocycles. The monoisotopic (exact) mass is 385 g/mol. The number of hydrogen-bond acceptors (Lipinski definition) is 2. The van der Waals surface area contributed by atoms with E-state index in [1.165, 1.54) is 0 Å². The van der Waals surface area contributed by atoms with Gasteiger partial charge in [0.1, 0.15) is 5.52 Å². The second kappa shape index (κ2) is 4.90. The van der Waals surface area contributed by atoms with Gasteiger partial charge in [-0.05, 0) is 34.6 Å². The van der Waals surface area contributed by atoms with Crippen LogP contribution in [0.1, 0.15) is 13.8 Å². The number of halogens is 2. The summed E-state index contributed by atoms with van der Waals surface area (Å²) in [6, 6.07) is 8.07. The van der Waals surface area contributed by atoms with Crippen LogP contribution in [0.15, 0.2) is 24.3 Å². The van der Waals surface area contributed by atoms with E-state index in [2.05, 4.69) is 57.0 Å². The molecule has 0 aliphatic rings. The lowest BCUT2D eigenvalue weighted by molar-refractivity contribution is 0.525. The maximum atomic E-state index is 6.27. The van der Waals surface area contributed by atoms with Gasteiger partial charge in [-0.25, -0.2) is 9.97 Å². The van der Waals surface area contributed by atoms with Crippen LogP contribution >= 0.6 is 34.2 Å². The summed E-state index contributed by atoms with van der Waals surface area (Å²) in [5.74, 6) is 0.552. The van der Waals surface area contributed by atoms with Crippen LogP contribution in [-0.2, 0) is 6.54 Å². The molecule has 1 aromatic carbocycles. The minimum absolute atomic E-state index is 0.481. The van der Waals surface area contributed by atoms with Gasteiger partial charge in [0.2, 0.25) is 0 Å². The van der Waals surface area contributed by atoms with Gasteiger partial charge in [-0.15, -0.1) is 0 Å².